The molecule has 150 valence electrons. The number of hydrogen-bond donors (Lipinski definition) is 2. The molecule has 2 amide bonds. The standard InChI is InChI=1S/C21H26BrN3O3/c1-4-25(14-21(27)24-18-6-5-7-19(12-18)28-3)13-20(26)23-15(2)16-8-10-17(22)11-9-16/h5-12,15H,4,13-14H2,1-3H3,(H,23,26)(H,24,27). The molecule has 0 fully saturated rings. The predicted molar refractivity (Wildman–Crippen MR) is 114 cm³/mol. The number of nitrogens with one attached hydrogen (secondary N) is 2. The molecule has 7 heteroatoms. The van der Waals surface area contributed by atoms with Gasteiger partial charge in [-0.05, 0) is 43.3 Å². The Labute approximate surface area is 174 Å². The molecular formula is C21H26BrN3O3. The van der Waals surface area contributed by atoms with Crippen molar-refractivity contribution in [3.63, 3.8) is 0 Å². The summed E-state index contributed by atoms with van der Waals surface area (Å²) in [7, 11) is 1.58. The number of carbonyl (C=O) groups is 2. The lowest BCUT2D eigenvalue weighted by molar-refractivity contribution is -0.123. The summed E-state index contributed by atoms with van der Waals surface area (Å²) < 4.78 is 6.15. The second-order valence-corrected chi connectivity index (χ2v) is 7.34. The number of halogens is 1. The predicted octanol–water partition coefficient (Wildman–Crippen LogP) is 3.60. The van der Waals surface area contributed by atoms with Crippen molar-refractivity contribution in [1.82, 2.24) is 10.2 Å². The summed E-state index contributed by atoms with van der Waals surface area (Å²) in [6.45, 7) is 4.74. The summed E-state index contributed by atoms with van der Waals surface area (Å²) in [6.07, 6.45) is 0. The van der Waals surface area contributed by atoms with Gasteiger partial charge in [0.1, 0.15) is 5.75 Å². The van der Waals surface area contributed by atoms with Crippen LogP contribution in [-0.2, 0) is 9.59 Å². The van der Waals surface area contributed by atoms with Crippen LogP contribution in [-0.4, -0.2) is 43.5 Å². The molecule has 6 nitrogen and oxygen atoms in total. The first kappa shape index (κ1) is 21.9. The molecule has 28 heavy (non-hydrogen) atoms. The van der Waals surface area contributed by atoms with Gasteiger partial charge >= 0.3 is 0 Å². The first-order valence-corrected chi connectivity index (χ1v) is 9.91. The summed E-state index contributed by atoms with van der Waals surface area (Å²) in [5.74, 6) is 0.377. The SMILES string of the molecule is CCN(CC(=O)Nc1cccc(OC)c1)CC(=O)NC(C)c1ccc(Br)cc1. The Hall–Kier alpha value is -2.38. The number of ether oxygens (including phenoxy) is 1. The molecule has 1 unspecified atom stereocenters. The highest BCUT2D eigenvalue weighted by atomic mass is 79.9. The third kappa shape index (κ3) is 6.98. The van der Waals surface area contributed by atoms with E-state index in [2.05, 4.69) is 26.6 Å². The molecule has 0 bridgehead atoms. The van der Waals surface area contributed by atoms with Gasteiger partial charge in [0.15, 0.2) is 0 Å². The van der Waals surface area contributed by atoms with Crippen LogP contribution in [0.25, 0.3) is 0 Å². The molecule has 0 aliphatic carbocycles. The zero-order valence-electron chi connectivity index (χ0n) is 16.4. The molecule has 0 saturated carbocycles. The Morgan fingerprint density at radius 2 is 1.79 bits per heavy atom. The number of rotatable bonds is 9. The van der Waals surface area contributed by atoms with Gasteiger partial charge in [0.05, 0.1) is 26.2 Å². The van der Waals surface area contributed by atoms with Crippen LogP contribution in [0.5, 0.6) is 5.75 Å². The normalized spacial score (nSPS) is 11.8. The van der Waals surface area contributed by atoms with Crippen LogP contribution in [0.15, 0.2) is 53.0 Å². The van der Waals surface area contributed by atoms with Crippen LogP contribution in [0.1, 0.15) is 25.5 Å². The van der Waals surface area contributed by atoms with E-state index in [0.29, 0.717) is 18.0 Å². The second-order valence-electron chi connectivity index (χ2n) is 6.42. The average Bonchev–Trinajstić information content (AvgIpc) is 2.67. The maximum atomic E-state index is 12.4. The van der Waals surface area contributed by atoms with Crippen molar-refractivity contribution in [1.29, 1.82) is 0 Å². The van der Waals surface area contributed by atoms with E-state index >= 15 is 0 Å². The number of benzene rings is 2. The van der Waals surface area contributed by atoms with Gasteiger partial charge in [0.2, 0.25) is 11.8 Å². The molecule has 2 N–H and O–H groups in total. The lowest BCUT2D eigenvalue weighted by Crippen LogP contribution is -2.41. The van der Waals surface area contributed by atoms with Crippen molar-refractivity contribution in [2.75, 3.05) is 32.1 Å². The molecule has 0 aliphatic rings. The number of likely N-dealkylation sites (N-methyl/N-ethyl adjacent to an activating group) is 1. The van der Waals surface area contributed by atoms with Crippen molar-refractivity contribution < 1.29 is 14.3 Å². The topological polar surface area (TPSA) is 70.7 Å². The van der Waals surface area contributed by atoms with E-state index in [-0.39, 0.29) is 30.9 Å². The molecule has 2 aromatic carbocycles. The largest absolute Gasteiger partial charge is 0.497 e. The van der Waals surface area contributed by atoms with E-state index in [9.17, 15) is 9.59 Å². The van der Waals surface area contributed by atoms with Crippen LogP contribution in [0.3, 0.4) is 0 Å². The molecule has 0 spiro atoms. The molecule has 0 heterocycles. The smallest absolute Gasteiger partial charge is 0.238 e. The monoisotopic (exact) mass is 447 g/mol. The van der Waals surface area contributed by atoms with Gasteiger partial charge in [-0.15, -0.1) is 0 Å². The molecule has 1 atom stereocenters. The zero-order valence-corrected chi connectivity index (χ0v) is 18.0. The van der Waals surface area contributed by atoms with Crippen LogP contribution < -0.4 is 15.4 Å². The van der Waals surface area contributed by atoms with E-state index in [1.165, 1.54) is 0 Å². The van der Waals surface area contributed by atoms with Gasteiger partial charge in [-0.25, -0.2) is 0 Å². The maximum absolute atomic E-state index is 12.4. The Kier molecular flexibility index (Phi) is 8.47. The molecular weight excluding hydrogens is 422 g/mol. The number of carbonyl (C=O) groups excluding carboxylic acids is 2. The second kappa shape index (κ2) is 10.8. The molecule has 0 saturated heterocycles. The van der Waals surface area contributed by atoms with Crippen molar-refractivity contribution in [2.24, 2.45) is 0 Å². The van der Waals surface area contributed by atoms with Crippen molar-refractivity contribution in [2.45, 2.75) is 19.9 Å². The molecule has 2 aromatic rings. The first-order valence-electron chi connectivity index (χ1n) is 9.12. The van der Waals surface area contributed by atoms with E-state index < -0.39 is 0 Å². The van der Waals surface area contributed by atoms with Crippen LogP contribution in [0, 0.1) is 0 Å². The highest BCUT2D eigenvalue weighted by molar-refractivity contribution is 9.10. The van der Waals surface area contributed by atoms with Gasteiger partial charge in [-0.1, -0.05) is 41.1 Å². The fourth-order valence-corrected chi connectivity index (χ4v) is 2.97. The third-order valence-corrected chi connectivity index (χ3v) is 4.81. The minimum Gasteiger partial charge on any atom is -0.497 e. The van der Waals surface area contributed by atoms with E-state index in [0.717, 1.165) is 10.0 Å². The van der Waals surface area contributed by atoms with Crippen LogP contribution in [0.2, 0.25) is 0 Å². The van der Waals surface area contributed by atoms with Gasteiger partial charge < -0.3 is 15.4 Å². The van der Waals surface area contributed by atoms with E-state index in [1.807, 2.05) is 50.2 Å². The maximum Gasteiger partial charge on any atom is 0.238 e. The van der Waals surface area contributed by atoms with Crippen LogP contribution >= 0.6 is 15.9 Å². The Morgan fingerprint density at radius 1 is 1.11 bits per heavy atom. The molecule has 0 radical (unpaired) electrons. The number of anilines is 1. The Bertz CT molecular complexity index is 796. The van der Waals surface area contributed by atoms with Gasteiger partial charge in [0.25, 0.3) is 0 Å². The fourth-order valence-electron chi connectivity index (χ4n) is 2.71. The number of hydrogen-bond acceptors (Lipinski definition) is 4. The van der Waals surface area contributed by atoms with Crippen LogP contribution in [0.4, 0.5) is 5.69 Å². The lowest BCUT2D eigenvalue weighted by Gasteiger charge is -2.21. The van der Waals surface area contributed by atoms with E-state index in [4.69, 9.17) is 4.74 Å². The Balaban J connectivity index is 1.85. The highest BCUT2D eigenvalue weighted by Crippen LogP contribution is 2.17. The summed E-state index contributed by atoms with van der Waals surface area (Å²) in [6, 6.07) is 14.9. The summed E-state index contributed by atoms with van der Waals surface area (Å²) in [5.41, 5.74) is 1.68. The quantitative estimate of drug-likeness (QED) is 0.615. The number of nitrogens with zero attached hydrogens (tertiary/aromatic N) is 1. The Morgan fingerprint density at radius 3 is 2.43 bits per heavy atom. The third-order valence-electron chi connectivity index (χ3n) is 4.28. The minimum absolute atomic E-state index is 0.107. The summed E-state index contributed by atoms with van der Waals surface area (Å²) >= 11 is 3.40. The minimum atomic E-state index is -0.177. The molecule has 0 aliphatic heterocycles. The summed E-state index contributed by atoms with van der Waals surface area (Å²) in [5, 5.41) is 5.80. The lowest BCUT2D eigenvalue weighted by atomic mass is 10.1. The van der Waals surface area contributed by atoms with Gasteiger partial charge in [0, 0.05) is 16.2 Å². The fraction of sp³-hybridized carbons (Fsp3) is 0.333. The van der Waals surface area contributed by atoms with E-state index in [1.54, 1.807) is 24.1 Å². The molecule has 2 rings (SSSR count). The first-order chi connectivity index (χ1) is 13.4. The number of methoxy groups -OCH3 is 1. The molecule has 0 aromatic heterocycles. The summed E-state index contributed by atoms with van der Waals surface area (Å²) in [4.78, 5) is 26.5. The van der Waals surface area contributed by atoms with Gasteiger partial charge in [-0.2, -0.15) is 0 Å². The van der Waals surface area contributed by atoms with Crippen molar-refractivity contribution >= 4 is 33.4 Å². The van der Waals surface area contributed by atoms with Crippen molar-refractivity contribution in [3.05, 3.63) is 58.6 Å². The van der Waals surface area contributed by atoms with Gasteiger partial charge in [-0.3, -0.25) is 14.5 Å². The zero-order chi connectivity index (χ0) is 20.5. The highest BCUT2D eigenvalue weighted by Gasteiger charge is 2.15. The number of amides is 2. The average molecular weight is 448 g/mol. The van der Waals surface area contributed by atoms with Crippen molar-refractivity contribution in [3.8, 4) is 5.75 Å².